The average Bonchev–Trinajstić information content (AvgIpc) is 3.31. The summed E-state index contributed by atoms with van der Waals surface area (Å²) in [5.74, 6) is 0.811. The number of piperazine rings is 1. The number of anilines is 1. The molecule has 1 aromatic carbocycles. The van der Waals surface area contributed by atoms with E-state index in [0.29, 0.717) is 24.5 Å². The van der Waals surface area contributed by atoms with Crippen LogP contribution in [0.3, 0.4) is 0 Å². The van der Waals surface area contributed by atoms with Gasteiger partial charge in [0.1, 0.15) is 16.1 Å². The number of nitrogens with zero attached hydrogens (tertiary/aromatic N) is 4. The molecule has 2 aliphatic rings. The molecule has 27 heavy (non-hydrogen) atoms. The quantitative estimate of drug-likeness (QED) is 0.661. The van der Waals surface area contributed by atoms with Gasteiger partial charge >= 0.3 is 0 Å². The molecule has 0 N–H and O–H groups in total. The number of pyridine rings is 1. The van der Waals surface area contributed by atoms with Crippen LogP contribution in [0.25, 0.3) is 10.3 Å². The average molecular weight is 401 g/mol. The predicted molar refractivity (Wildman–Crippen MR) is 106 cm³/mol. The zero-order chi connectivity index (χ0) is 18.4. The van der Waals surface area contributed by atoms with Crippen molar-refractivity contribution in [3.8, 4) is 5.75 Å². The minimum absolute atomic E-state index is 0.0490. The standard InChI is InChI=1S/C19H17ClN4O2S/c20-13-3-4-15-12(10-13)11-16(26-15)18(25)23-6-8-24(9-7-23)19-22-14-2-1-5-21-17(14)27-19/h1-5,10,16H,6-9,11H2. The van der Waals surface area contributed by atoms with Crippen LogP contribution in [0.2, 0.25) is 5.02 Å². The summed E-state index contributed by atoms with van der Waals surface area (Å²) in [4.78, 5) is 26.9. The first-order chi connectivity index (χ1) is 13.2. The van der Waals surface area contributed by atoms with E-state index in [-0.39, 0.29) is 5.91 Å². The Morgan fingerprint density at radius 3 is 2.89 bits per heavy atom. The highest BCUT2D eigenvalue weighted by Crippen LogP contribution is 2.32. The molecule has 1 amide bonds. The smallest absolute Gasteiger partial charge is 0.264 e. The Bertz CT molecular complexity index is 983. The third kappa shape index (κ3) is 3.11. The summed E-state index contributed by atoms with van der Waals surface area (Å²) in [6.07, 6.45) is 1.92. The molecule has 0 radical (unpaired) electrons. The minimum Gasteiger partial charge on any atom is -0.480 e. The second kappa shape index (κ2) is 6.65. The molecule has 6 nitrogen and oxygen atoms in total. The Labute approximate surface area is 165 Å². The number of halogens is 1. The lowest BCUT2D eigenvalue weighted by atomic mass is 10.1. The van der Waals surface area contributed by atoms with Gasteiger partial charge in [-0.1, -0.05) is 22.9 Å². The SMILES string of the molecule is O=C(C1Cc2cc(Cl)ccc2O1)N1CCN(c2nc3cccnc3s2)CC1. The number of fused-ring (bicyclic) bond motifs is 2. The van der Waals surface area contributed by atoms with E-state index in [1.54, 1.807) is 23.6 Å². The van der Waals surface area contributed by atoms with Crippen LogP contribution in [-0.2, 0) is 11.2 Å². The van der Waals surface area contributed by atoms with E-state index in [9.17, 15) is 4.79 Å². The summed E-state index contributed by atoms with van der Waals surface area (Å²) in [7, 11) is 0. The van der Waals surface area contributed by atoms with Crippen LogP contribution in [-0.4, -0.2) is 53.1 Å². The summed E-state index contributed by atoms with van der Waals surface area (Å²) >= 11 is 7.63. The minimum atomic E-state index is -0.448. The molecule has 0 spiro atoms. The second-order valence-electron chi connectivity index (χ2n) is 6.70. The fraction of sp³-hybridized carbons (Fsp3) is 0.316. The van der Waals surface area contributed by atoms with Crippen LogP contribution in [0, 0.1) is 0 Å². The number of amides is 1. The van der Waals surface area contributed by atoms with Crippen LogP contribution in [0.1, 0.15) is 5.56 Å². The third-order valence-corrected chi connectivity index (χ3v) is 6.26. The van der Waals surface area contributed by atoms with Crippen LogP contribution in [0.4, 0.5) is 5.13 Å². The van der Waals surface area contributed by atoms with E-state index in [0.717, 1.165) is 39.9 Å². The Morgan fingerprint density at radius 2 is 2.07 bits per heavy atom. The lowest BCUT2D eigenvalue weighted by molar-refractivity contribution is -0.138. The molecule has 2 aliphatic heterocycles. The maximum Gasteiger partial charge on any atom is 0.264 e. The molecule has 138 valence electrons. The molecule has 0 saturated carbocycles. The lowest BCUT2D eigenvalue weighted by Gasteiger charge is -2.35. The van der Waals surface area contributed by atoms with Gasteiger partial charge in [0, 0.05) is 43.8 Å². The first kappa shape index (κ1) is 16.8. The number of ether oxygens (including phenoxy) is 1. The number of hydrogen-bond donors (Lipinski definition) is 0. The van der Waals surface area contributed by atoms with E-state index in [2.05, 4.69) is 14.9 Å². The Hall–Kier alpha value is -2.38. The Balaban J connectivity index is 1.23. The molecular formula is C19H17ClN4O2S. The molecule has 5 rings (SSSR count). The van der Waals surface area contributed by atoms with Gasteiger partial charge < -0.3 is 14.5 Å². The summed E-state index contributed by atoms with van der Waals surface area (Å²) in [6.45, 7) is 2.85. The van der Waals surface area contributed by atoms with Crippen LogP contribution >= 0.6 is 22.9 Å². The first-order valence-corrected chi connectivity index (χ1v) is 10.1. The Morgan fingerprint density at radius 1 is 1.22 bits per heavy atom. The van der Waals surface area contributed by atoms with E-state index in [1.165, 1.54) is 0 Å². The molecule has 3 aromatic rings. The van der Waals surface area contributed by atoms with Crippen molar-refractivity contribution >= 4 is 44.3 Å². The van der Waals surface area contributed by atoms with Crippen molar-refractivity contribution < 1.29 is 9.53 Å². The van der Waals surface area contributed by atoms with Crippen molar-refractivity contribution in [2.24, 2.45) is 0 Å². The number of carbonyl (C=O) groups is 1. The van der Waals surface area contributed by atoms with E-state index >= 15 is 0 Å². The van der Waals surface area contributed by atoms with Gasteiger partial charge in [-0.05, 0) is 35.9 Å². The van der Waals surface area contributed by atoms with Gasteiger partial charge in [-0.3, -0.25) is 4.79 Å². The van der Waals surface area contributed by atoms with Crippen LogP contribution in [0.5, 0.6) is 5.75 Å². The van der Waals surface area contributed by atoms with Gasteiger partial charge in [-0.15, -0.1) is 0 Å². The molecule has 1 fully saturated rings. The van der Waals surface area contributed by atoms with Crippen molar-refractivity contribution in [3.05, 3.63) is 47.1 Å². The molecule has 1 atom stereocenters. The largest absolute Gasteiger partial charge is 0.480 e. The second-order valence-corrected chi connectivity index (χ2v) is 8.09. The molecule has 0 bridgehead atoms. The fourth-order valence-corrected chi connectivity index (χ4v) is 4.73. The molecule has 4 heterocycles. The maximum absolute atomic E-state index is 12.9. The number of aromatic nitrogens is 2. The van der Waals surface area contributed by atoms with Crippen LogP contribution < -0.4 is 9.64 Å². The van der Waals surface area contributed by atoms with E-state index < -0.39 is 6.10 Å². The number of thiazole rings is 1. The molecule has 8 heteroatoms. The highest BCUT2D eigenvalue weighted by Gasteiger charge is 2.34. The first-order valence-electron chi connectivity index (χ1n) is 8.88. The highest BCUT2D eigenvalue weighted by molar-refractivity contribution is 7.21. The third-order valence-electron chi connectivity index (χ3n) is 4.99. The van der Waals surface area contributed by atoms with Crippen molar-refractivity contribution in [2.75, 3.05) is 31.1 Å². The fourth-order valence-electron chi connectivity index (χ4n) is 3.57. The van der Waals surface area contributed by atoms with Gasteiger partial charge in [-0.2, -0.15) is 0 Å². The van der Waals surface area contributed by atoms with Crippen molar-refractivity contribution in [2.45, 2.75) is 12.5 Å². The topological polar surface area (TPSA) is 58.6 Å². The normalized spacial score (nSPS) is 19.2. The van der Waals surface area contributed by atoms with Crippen molar-refractivity contribution in [1.82, 2.24) is 14.9 Å². The molecule has 1 saturated heterocycles. The number of carbonyl (C=O) groups excluding carboxylic acids is 1. The molecular weight excluding hydrogens is 384 g/mol. The summed E-state index contributed by atoms with van der Waals surface area (Å²) in [5.41, 5.74) is 1.92. The highest BCUT2D eigenvalue weighted by atomic mass is 35.5. The van der Waals surface area contributed by atoms with Crippen molar-refractivity contribution in [1.29, 1.82) is 0 Å². The maximum atomic E-state index is 12.9. The molecule has 0 aliphatic carbocycles. The van der Waals surface area contributed by atoms with Gasteiger partial charge in [-0.25, -0.2) is 9.97 Å². The summed E-state index contributed by atoms with van der Waals surface area (Å²) < 4.78 is 5.85. The van der Waals surface area contributed by atoms with Gasteiger partial charge in [0.05, 0.1) is 0 Å². The molecule has 2 aromatic heterocycles. The van der Waals surface area contributed by atoms with Gasteiger partial charge in [0.2, 0.25) is 0 Å². The monoisotopic (exact) mass is 400 g/mol. The van der Waals surface area contributed by atoms with E-state index in [1.807, 2.05) is 29.2 Å². The van der Waals surface area contributed by atoms with Crippen molar-refractivity contribution in [3.63, 3.8) is 0 Å². The number of hydrogen-bond acceptors (Lipinski definition) is 6. The van der Waals surface area contributed by atoms with E-state index in [4.69, 9.17) is 16.3 Å². The zero-order valence-corrected chi connectivity index (χ0v) is 16.0. The Kier molecular flexibility index (Phi) is 4.13. The predicted octanol–water partition coefficient (Wildman–Crippen LogP) is 3.00. The molecule has 1 unspecified atom stereocenters. The lowest BCUT2D eigenvalue weighted by Crippen LogP contribution is -2.52. The van der Waals surface area contributed by atoms with Gasteiger partial charge in [0.15, 0.2) is 11.2 Å². The number of rotatable bonds is 2. The number of benzene rings is 1. The summed E-state index contributed by atoms with van der Waals surface area (Å²) in [5, 5.41) is 1.64. The van der Waals surface area contributed by atoms with Gasteiger partial charge in [0.25, 0.3) is 5.91 Å². The summed E-state index contributed by atoms with van der Waals surface area (Å²) in [6, 6.07) is 9.38. The zero-order valence-electron chi connectivity index (χ0n) is 14.5. The van der Waals surface area contributed by atoms with Crippen LogP contribution in [0.15, 0.2) is 36.5 Å².